The van der Waals surface area contributed by atoms with Crippen LogP contribution < -0.4 is 0 Å². The second-order valence-corrected chi connectivity index (χ2v) is 9.79. The Bertz CT molecular complexity index is 543. The van der Waals surface area contributed by atoms with Crippen molar-refractivity contribution in [2.24, 2.45) is 0 Å². The molecule has 17 heteroatoms. The van der Waals surface area contributed by atoms with E-state index in [9.17, 15) is 23.2 Å². The first-order chi connectivity index (χ1) is 10.3. The van der Waals surface area contributed by atoms with Crippen LogP contribution in [0.15, 0.2) is 0 Å². The van der Waals surface area contributed by atoms with Crippen LogP contribution in [0, 0.1) is 0 Å². The molecule has 0 aromatic carbocycles. The molecule has 0 aromatic heterocycles. The Morgan fingerprint density at radius 2 is 1.04 bits per heavy atom. The first-order valence-electron chi connectivity index (χ1n) is 5.96. The molecular formula is C6H18O13P4. The summed E-state index contributed by atoms with van der Waals surface area (Å²) in [5.41, 5.74) is 0. The van der Waals surface area contributed by atoms with E-state index in [2.05, 4.69) is 26.5 Å². The van der Waals surface area contributed by atoms with E-state index in [4.69, 9.17) is 9.79 Å². The molecule has 2 unspecified atom stereocenters. The third kappa shape index (κ3) is 10.2. The van der Waals surface area contributed by atoms with Crippen LogP contribution in [-0.2, 0) is 44.8 Å². The van der Waals surface area contributed by atoms with E-state index in [0.29, 0.717) is 0 Å². The Hall–Kier alpha value is 0.560. The van der Waals surface area contributed by atoms with E-state index in [1.165, 1.54) is 20.8 Å². The van der Waals surface area contributed by atoms with Crippen molar-refractivity contribution < 1.29 is 59.4 Å². The molecule has 13 nitrogen and oxygen atoms in total. The fraction of sp³-hybridized carbons (Fsp3) is 1.00. The van der Waals surface area contributed by atoms with Crippen molar-refractivity contribution in [3.8, 4) is 0 Å². The number of rotatable bonds is 12. The predicted octanol–water partition coefficient (Wildman–Crippen LogP) is 2.56. The van der Waals surface area contributed by atoms with Gasteiger partial charge in [-0.1, -0.05) is 0 Å². The maximum Gasteiger partial charge on any atom is 0.492 e. The van der Waals surface area contributed by atoms with Crippen molar-refractivity contribution in [2.45, 2.75) is 20.8 Å². The first-order valence-corrected chi connectivity index (χ1v) is 11.9. The van der Waals surface area contributed by atoms with Crippen LogP contribution in [0.1, 0.15) is 20.8 Å². The zero-order valence-electron chi connectivity index (χ0n) is 12.3. The van der Waals surface area contributed by atoms with Gasteiger partial charge in [0.1, 0.15) is 0 Å². The molecule has 0 rings (SSSR count). The Labute approximate surface area is 132 Å². The monoisotopic (exact) mass is 422 g/mol. The van der Waals surface area contributed by atoms with Gasteiger partial charge in [0.15, 0.2) is 0 Å². The molecule has 0 aromatic rings. The van der Waals surface area contributed by atoms with Crippen LogP contribution in [-0.4, -0.2) is 34.5 Å². The Kier molecular flexibility index (Phi) is 9.54. The highest BCUT2D eigenvalue weighted by molar-refractivity contribution is 7.70. The molecule has 0 radical (unpaired) electrons. The van der Waals surface area contributed by atoms with Gasteiger partial charge in [-0.15, -0.1) is 0 Å². The fourth-order valence-corrected chi connectivity index (χ4v) is 6.64. The Morgan fingerprint density at radius 1 is 0.652 bits per heavy atom. The second-order valence-electron chi connectivity index (χ2n) is 3.35. The molecule has 0 saturated heterocycles. The van der Waals surface area contributed by atoms with Gasteiger partial charge < -0.3 is 14.7 Å². The number of hydrogen-bond acceptors (Lipinski definition) is 10. The highest BCUT2D eigenvalue weighted by Gasteiger charge is 2.47. The van der Waals surface area contributed by atoms with Gasteiger partial charge in [-0.3, -0.25) is 13.6 Å². The van der Waals surface area contributed by atoms with Crippen molar-refractivity contribution >= 4 is 31.3 Å². The minimum absolute atomic E-state index is 0.209. The minimum atomic E-state index is -5.60. The average molecular weight is 422 g/mol. The quantitative estimate of drug-likeness (QED) is 0.390. The van der Waals surface area contributed by atoms with Gasteiger partial charge in [-0.05, 0) is 20.8 Å². The lowest BCUT2D eigenvalue weighted by Crippen LogP contribution is -2.04. The van der Waals surface area contributed by atoms with Gasteiger partial charge in [-0.2, -0.15) is 12.9 Å². The number of phosphoric acid groups is 4. The molecule has 3 N–H and O–H groups in total. The highest BCUT2D eigenvalue weighted by atomic mass is 31.3. The summed E-state index contributed by atoms with van der Waals surface area (Å²) in [6, 6.07) is 0. The van der Waals surface area contributed by atoms with Crippen LogP contribution >= 0.6 is 31.3 Å². The fourth-order valence-electron chi connectivity index (χ4n) is 1.02. The van der Waals surface area contributed by atoms with Crippen LogP contribution in [0.5, 0.6) is 0 Å². The summed E-state index contributed by atoms with van der Waals surface area (Å²) in [6.45, 7) is 3.24. The Balaban J connectivity index is 5.41. The Morgan fingerprint density at radius 3 is 1.39 bits per heavy atom. The van der Waals surface area contributed by atoms with Gasteiger partial charge in [-0.25, -0.2) is 18.3 Å². The van der Waals surface area contributed by atoms with E-state index in [-0.39, 0.29) is 13.2 Å². The molecule has 2 atom stereocenters. The maximum atomic E-state index is 12.2. The molecule has 0 bridgehead atoms. The van der Waals surface area contributed by atoms with Crippen molar-refractivity contribution in [3.63, 3.8) is 0 Å². The van der Waals surface area contributed by atoms with Gasteiger partial charge in [0.2, 0.25) is 0 Å². The lowest BCUT2D eigenvalue weighted by Gasteiger charge is -2.23. The van der Waals surface area contributed by atoms with Gasteiger partial charge in [0.25, 0.3) is 0 Å². The summed E-state index contributed by atoms with van der Waals surface area (Å²) in [5, 5.41) is 0. The molecule has 0 saturated carbocycles. The van der Waals surface area contributed by atoms with Crippen LogP contribution in [0.2, 0.25) is 0 Å². The zero-order chi connectivity index (χ0) is 18.4. The van der Waals surface area contributed by atoms with Gasteiger partial charge >= 0.3 is 31.3 Å². The molecular weight excluding hydrogens is 404 g/mol. The molecule has 0 amide bonds. The van der Waals surface area contributed by atoms with Crippen molar-refractivity contribution in [3.05, 3.63) is 0 Å². The third-order valence-electron chi connectivity index (χ3n) is 1.47. The van der Waals surface area contributed by atoms with E-state index in [1.54, 1.807) is 0 Å². The smallest absolute Gasteiger partial charge is 0.302 e. The summed E-state index contributed by atoms with van der Waals surface area (Å²) >= 11 is 0. The molecule has 0 aliphatic heterocycles. The zero-order valence-corrected chi connectivity index (χ0v) is 15.9. The molecule has 0 aliphatic carbocycles. The van der Waals surface area contributed by atoms with E-state index >= 15 is 0 Å². The van der Waals surface area contributed by atoms with Crippen molar-refractivity contribution in [1.82, 2.24) is 0 Å². The molecule has 0 spiro atoms. The second kappa shape index (κ2) is 9.31. The summed E-state index contributed by atoms with van der Waals surface area (Å²) in [5.74, 6) is 0. The summed E-state index contributed by atoms with van der Waals surface area (Å²) in [7, 11) is -20.7. The van der Waals surface area contributed by atoms with Gasteiger partial charge in [0.05, 0.1) is 19.8 Å². The largest absolute Gasteiger partial charge is 0.492 e. The molecule has 0 heterocycles. The van der Waals surface area contributed by atoms with E-state index < -0.39 is 37.9 Å². The summed E-state index contributed by atoms with van der Waals surface area (Å²) in [6.07, 6.45) is 0. The van der Waals surface area contributed by atoms with E-state index in [0.717, 1.165) is 0 Å². The highest BCUT2D eigenvalue weighted by Crippen LogP contribution is 2.73. The number of hydrogen-bond donors (Lipinski definition) is 3. The SMILES string of the molecule is CCOP(=O)(OCC)OP(=O)(OCC)OP(=O)(O)OP(=O)(O)O. The predicted molar refractivity (Wildman–Crippen MR) is 75.2 cm³/mol. The van der Waals surface area contributed by atoms with Crippen molar-refractivity contribution in [2.75, 3.05) is 19.8 Å². The molecule has 23 heavy (non-hydrogen) atoms. The topological polar surface area (TPSA) is 184 Å². The normalized spacial score (nSPS) is 18.3. The molecule has 0 aliphatic rings. The average Bonchev–Trinajstić information content (AvgIpc) is 2.23. The van der Waals surface area contributed by atoms with Crippen molar-refractivity contribution in [1.29, 1.82) is 0 Å². The lowest BCUT2D eigenvalue weighted by atomic mass is 10.9. The van der Waals surface area contributed by atoms with Crippen LogP contribution in [0.3, 0.4) is 0 Å². The maximum absolute atomic E-state index is 12.2. The molecule has 0 fully saturated rings. The third-order valence-corrected chi connectivity index (χ3v) is 8.10. The molecule has 140 valence electrons. The lowest BCUT2D eigenvalue weighted by molar-refractivity contribution is 0.132. The first kappa shape index (κ1) is 23.6. The number of phosphoric ester groups is 1. The van der Waals surface area contributed by atoms with Crippen LogP contribution in [0.25, 0.3) is 0 Å². The standard InChI is InChI=1S/C6H18O13P4/c1-4-14-22(12,15-5-2)19-23(13,16-6-3)18-21(10,11)17-20(7,8)9/h4-6H2,1-3H3,(H,10,11)(H2,7,8,9). The van der Waals surface area contributed by atoms with Gasteiger partial charge in [0, 0.05) is 0 Å². The summed E-state index contributed by atoms with van der Waals surface area (Å²) in [4.78, 5) is 26.1. The minimum Gasteiger partial charge on any atom is -0.302 e. The van der Waals surface area contributed by atoms with Crippen LogP contribution in [0.4, 0.5) is 0 Å². The van der Waals surface area contributed by atoms with E-state index in [1.807, 2.05) is 0 Å². The summed E-state index contributed by atoms with van der Waals surface area (Å²) < 4.78 is 72.0.